The van der Waals surface area contributed by atoms with E-state index in [4.69, 9.17) is 0 Å². The minimum atomic E-state index is -0.795. The molecule has 153 valence electrons. The molecule has 0 saturated heterocycles. The second kappa shape index (κ2) is 9.65. The maximum absolute atomic E-state index is 13.9. The van der Waals surface area contributed by atoms with Crippen LogP contribution in [0, 0.1) is 41.2 Å². The summed E-state index contributed by atoms with van der Waals surface area (Å²) >= 11 is 4.41. The third-order valence-corrected chi connectivity index (χ3v) is 6.61. The number of thiocarbonyl (C=S) groups is 1. The van der Waals surface area contributed by atoms with Crippen molar-refractivity contribution in [3.63, 3.8) is 0 Å². The molecule has 0 aromatic heterocycles. The maximum atomic E-state index is 13.9. The highest BCUT2D eigenvalue weighted by molar-refractivity contribution is 7.78. The van der Waals surface area contributed by atoms with E-state index in [1.807, 2.05) is 17.3 Å². The van der Waals surface area contributed by atoms with E-state index in [1.165, 1.54) is 56.9 Å². The van der Waals surface area contributed by atoms with Gasteiger partial charge in [0.1, 0.15) is 5.69 Å². The van der Waals surface area contributed by atoms with Gasteiger partial charge in [-0.2, -0.15) is 4.99 Å². The van der Waals surface area contributed by atoms with Gasteiger partial charge in [0.2, 0.25) is 0 Å². The zero-order chi connectivity index (χ0) is 20.9. The lowest BCUT2D eigenvalue weighted by Crippen LogP contribution is -2.19. The van der Waals surface area contributed by atoms with Gasteiger partial charge < -0.3 is 0 Å². The molecule has 2 aliphatic carbocycles. The van der Waals surface area contributed by atoms with Crippen LogP contribution in [0.5, 0.6) is 0 Å². The van der Waals surface area contributed by atoms with E-state index in [2.05, 4.69) is 41.2 Å². The van der Waals surface area contributed by atoms with Crippen molar-refractivity contribution in [2.24, 2.45) is 16.8 Å². The summed E-state index contributed by atoms with van der Waals surface area (Å²) in [5, 5.41) is 1.98. The summed E-state index contributed by atoms with van der Waals surface area (Å²) in [6, 6.07) is 10.5. The molecule has 0 heterocycles. The Hall–Kier alpha value is -2.34. The Balaban J connectivity index is 1.40. The minimum absolute atomic E-state index is 0.261. The van der Waals surface area contributed by atoms with Crippen molar-refractivity contribution >= 4 is 23.1 Å². The van der Waals surface area contributed by atoms with Crippen molar-refractivity contribution in [2.75, 3.05) is 0 Å². The molecular formula is C26H24F2NS. The smallest absolute Gasteiger partial charge is 0.153 e. The Morgan fingerprint density at radius 3 is 1.97 bits per heavy atom. The van der Waals surface area contributed by atoms with Crippen LogP contribution in [0.1, 0.15) is 68.1 Å². The molecule has 2 saturated carbocycles. The number of benzene rings is 2. The number of hydrogen-bond donors (Lipinski definition) is 0. The van der Waals surface area contributed by atoms with Gasteiger partial charge in [0.25, 0.3) is 0 Å². The summed E-state index contributed by atoms with van der Waals surface area (Å²) in [6.07, 6.45) is 10.7. The normalized spacial score (nSPS) is 17.9. The molecule has 1 radical (unpaired) electrons. The van der Waals surface area contributed by atoms with Gasteiger partial charge >= 0.3 is 0 Å². The van der Waals surface area contributed by atoms with Gasteiger partial charge in [-0.05, 0) is 79.6 Å². The van der Waals surface area contributed by atoms with Gasteiger partial charge in [-0.3, -0.25) is 0 Å². The summed E-state index contributed by atoms with van der Waals surface area (Å²) < 4.78 is 27.8. The Morgan fingerprint density at radius 1 is 0.800 bits per heavy atom. The number of isothiocyanates is 1. The highest BCUT2D eigenvalue weighted by Crippen LogP contribution is 2.43. The van der Waals surface area contributed by atoms with Gasteiger partial charge in [-0.1, -0.05) is 49.7 Å². The van der Waals surface area contributed by atoms with E-state index in [9.17, 15) is 8.78 Å². The standard InChI is InChI=1S/C26H24F2NS/c27-24-15-19(16-25(28)26(24)29-17-30)6-5-18-7-9-21(10-8-18)23-13-11-22(12-14-23)20-3-1-2-4-20/h7-10,15-16,20,22H,1-4,11-14H2. The van der Waals surface area contributed by atoms with Crippen LogP contribution in [0.3, 0.4) is 0 Å². The molecule has 2 aromatic carbocycles. The average Bonchev–Trinajstić information content (AvgIpc) is 3.30. The van der Waals surface area contributed by atoms with Crippen LogP contribution in [0.15, 0.2) is 41.4 Å². The quantitative estimate of drug-likeness (QED) is 0.286. The van der Waals surface area contributed by atoms with E-state index >= 15 is 0 Å². The zero-order valence-corrected chi connectivity index (χ0v) is 17.7. The van der Waals surface area contributed by atoms with Gasteiger partial charge in [-0.15, -0.1) is 0 Å². The maximum Gasteiger partial charge on any atom is 0.153 e. The lowest BCUT2D eigenvalue weighted by atomic mass is 9.73. The predicted molar refractivity (Wildman–Crippen MR) is 120 cm³/mol. The highest BCUT2D eigenvalue weighted by Gasteiger charge is 2.30. The molecule has 0 amide bonds. The lowest BCUT2D eigenvalue weighted by Gasteiger charge is -2.32. The first-order chi connectivity index (χ1) is 14.6. The van der Waals surface area contributed by atoms with Crippen molar-refractivity contribution in [1.82, 2.24) is 0 Å². The summed E-state index contributed by atoms with van der Waals surface area (Å²) in [5.41, 5.74) is 1.95. The second-order valence-electron chi connectivity index (χ2n) is 8.30. The van der Waals surface area contributed by atoms with Crippen molar-refractivity contribution in [1.29, 1.82) is 0 Å². The van der Waals surface area contributed by atoms with Crippen LogP contribution in [-0.2, 0) is 0 Å². The Kier molecular flexibility index (Phi) is 6.72. The molecule has 2 aliphatic rings. The van der Waals surface area contributed by atoms with Crippen LogP contribution < -0.4 is 0 Å². The third-order valence-electron chi connectivity index (χ3n) is 6.52. The summed E-state index contributed by atoms with van der Waals surface area (Å²) in [4.78, 5) is 3.41. The van der Waals surface area contributed by atoms with Crippen LogP contribution >= 0.6 is 12.2 Å². The third kappa shape index (κ3) is 4.86. The SMILES string of the molecule is Fc1cc(C#Cc2ccc([C]3CCC(C4CCCC4)CC3)cc2)cc(F)c1N=C=S. The van der Waals surface area contributed by atoms with Gasteiger partial charge in [0.15, 0.2) is 11.6 Å². The van der Waals surface area contributed by atoms with Crippen molar-refractivity contribution in [2.45, 2.75) is 51.4 Å². The molecule has 4 rings (SSSR count). The minimum Gasteiger partial charge on any atom is -0.204 e. The molecule has 0 spiro atoms. The molecule has 0 unspecified atom stereocenters. The monoisotopic (exact) mass is 420 g/mol. The molecule has 0 bridgehead atoms. The van der Waals surface area contributed by atoms with Crippen LogP contribution in [0.2, 0.25) is 0 Å². The Labute approximate surface area is 182 Å². The largest absolute Gasteiger partial charge is 0.204 e. The predicted octanol–water partition coefficient (Wildman–Crippen LogP) is 7.40. The molecular weight excluding hydrogens is 396 g/mol. The fourth-order valence-corrected chi connectivity index (χ4v) is 4.99. The molecule has 2 aromatic rings. The first-order valence-corrected chi connectivity index (χ1v) is 11.1. The highest BCUT2D eigenvalue weighted by atomic mass is 32.1. The van der Waals surface area contributed by atoms with E-state index < -0.39 is 17.3 Å². The van der Waals surface area contributed by atoms with Crippen molar-refractivity contribution in [3.8, 4) is 11.8 Å². The molecule has 1 nitrogen and oxygen atoms in total. The summed E-state index contributed by atoms with van der Waals surface area (Å²) in [7, 11) is 0. The van der Waals surface area contributed by atoms with Gasteiger partial charge in [0, 0.05) is 17.0 Å². The van der Waals surface area contributed by atoms with E-state index in [-0.39, 0.29) is 5.56 Å². The fourth-order valence-electron chi connectivity index (χ4n) is 4.90. The number of hydrogen-bond acceptors (Lipinski definition) is 2. The van der Waals surface area contributed by atoms with E-state index in [0.717, 1.165) is 29.5 Å². The first kappa shape index (κ1) is 20.9. The first-order valence-electron chi connectivity index (χ1n) is 10.7. The topological polar surface area (TPSA) is 12.4 Å². The lowest BCUT2D eigenvalue weighted by molar-refractivity contribution is 0.267. The fraction of sp³-hybridized carbons (Fsp3) is 0.385. The van der Waals surface area contributed by atoms with Gasteiger partial charge in [-0.25, -0.2) is 8.78 Å². The van der Waals surface area contributed by atoms with Crippen molar-refractivity contribution < 1.29 is 8.78 Å². The number of rotatable bonds is 3. The molecule has 0 N–H and O–H groups in total. The van der Waals surface area contributed by atoms with Gasteiger partial charge in [0.05, 0.1) is 5.16 Å². The van der Waals surface area contributed by atoms with E-state index in [0.29, 0.717) is 0 Å². The number of nitrogens with zero attached hydrogens (tertiary/aromatic N) is 1. The Bertz CT molecular complexity index is 975. The average molecular weight is 421 g/mol. The molecule has 4 heteroatoms. The van der Waals surface area contributed by atoms with Crippen LogP contribution in [-0.4, -0.2) is 5.16 Å². The molecule has 2 fully saturated rings. The molecule has 0 atom stereocenters. The zero-order valence-electron chi connectivity index (χ0n) is 16.9. The second-order valence-corrected chi connectivity index (χ2v) is 8.49. The molecule has 0 aliphatic heterocycles. The summed E-state index contributed by atoms with van der Waals surface area (Å²) in [6.45, 7) is 0. The number of halogens is 2. The van der Waals surface area contributed by atoms with Crippen molar-refractivity contribution in [3.05, 3.63) is 70.6 Å². The van der Waals surface area contributed by atoms with Crippen LogP contribution in [0.25, 0.3) is 0 Å². The number of aliphatic imine (C=N–C) groups is 1. The molecule has 30 heavy (non-hydrogen) atoms. The van der Waals surface area contributed by atoms with E-state index in [1.54, 1.807) is 5.92 Å². The Morgan fingerprint density at radius 2 is 1.37 bits per heavy atom. The van der Waals surface area contributed by atoms with Crippen LogP contribution in [0.4, 0.5) is 14.5 Å². The summed E-state index contributed by atoms with van der Waals surface area (Å²) in [5.74, 6) is 7.65.